The minimum atomic E-state index is -0.308. The van der Waals surface area contributed by atoms with E-state index in [1.807, 2.05) is 12.1 Å². The number of carbonyl (C=O) groups is 1. The highest BCUT2D eigenvalue weighted by Crippen LogP contribution is 2.24. The molecule has 0 saturated carbocycles. The number of fused-ring (bicyclic) bond motifs is 1. The van der Waals surface area contributed by atoms with Gasteiger partial charge in [0.1, 0.15) is 12.8 Å². The first-order valence-electron chi connectivity index (χ1n) is 8.31. The van der Waals surface area contributed by atoms with Crippen molar-refractivity contribution in [2.24, 2.45) is 0 Å². The highest BCUT2D eigenvalue weighted by atomic mass is 16.3. The summed E-state index contributed by atoms with van der Waals surface area (Å²) in [5, 5.41) is 5.78. The fraction of sp³-hybridized carbons (Fsp3) is 0.118. The number of nitrogens with zero attached hydrogens (tertiary/aromatic N) is 5. The van der Waals surface area contributed by atoms with Crippen LogP contribution in [-0.4, -0.2) is 30.4 Å². The molecule has 1 aromatic carbocycles. The van der Waals surface area contributed by atoms with Crippen LogP contribution in [0.4, 0.5) is 29.0 Å². The lowest BCUT2D eigenvalue weighted by atomic mass is 10.3. The first kappa shape index (κ1) is 17.3. The Balaban J connectivity index is 1.59. The molecule has 0 spiro atoms. The van der Waals surface area contributed by atoms with Crippen LogP contribution in [0, 0.1) is 6.92 Å². The quantitative estimate of drug-likeness (QED) is 0.378. The van der Waals surface area contributed by atoms with Crippen molar-refractivity contribution in [1.29, 1.82) is 0 Å². The van der Waals surface area contributed by atoms with Crippen LogP contribution in [0.1, 0.15) is 5.89 Å². The second kappa shape index (κ2) is 6.87. The van der Waals surface area contributed by atoms with Gasteiger partial charge in [-0.2, -0.15) is 15.0 Å². The molecule has 0 aliphatic rings. The fourth-order valence-electron chi connectivity index (χ4n) is 2.63. The minimum Gasteiger partial charge on any atom is -0.447 e. The number of carbonyl (C=O) groups excluding carboxylic acids is 1. The number of imidazole rings is 1. The number of aromatic nitrogens is 5. The second-order valence-electron chi connectivity index (χ2n) is 6.02. The molecule has 0 saturated heterocycles. The molecule has 0 fully saturated rings. The number of amides is 1. The molecule has 4 rings (SSSR count). The largest absolute Gasteiger partial charge is 0.447 e. The molecule has 1 amide bonds. The second-order valence-corrected chi connectivity index (χ2v) is 6.02. The van der Waals surface area contributed by atoms with Crippen LogP contribution in [0.5, 0.6) is 0 Å². The van der Waals surface area contributed by atoms with Crippen molar-refractivity contribution in [2.45, 2.75) is 13.5 Å². The van der Waals surface area contributed by atoms with Crippen molar-refractivity contribution in [3.63, 3.8) is 0 Å². The van der Waals surface area contributed by atoms with Crippen molar-refractivity contribution in [3.8, 4) is 0 Å². The molecule has 0 aliphatic carbocycles. The summed E-state index contributed by atoms with van der Waals surface area (Å²) < 4.78 is 6.64. The zero-order valence-corrected chi connectivity index (χ0v) is 14.9. The highest BCUT2D eigenvalue weighted by Gasteiger charge is 2.15. The van der Waals surface area contributed by atoms with E-state index < -0.39 is 0 Å². The van der Waals surface area contributed by atoms with E-state index in [9.17, 15) is 4.79 Å². The first-order chi connectivity index (χ1) is 13.5. The number of rotatable bonds is 5. The van der Waals surface area contributed by atoms with Gasteiger partial charge < -0.3 is 31.1 Å². The summed E-state index contributed by atoms with van der Waals surface area (Å²) in [5.41, 5.74) is 13.9. The normalized spacial score (nSPS) is 10.9. The van der Waals surface area contributed by atoms with Crippen LogP contribution >= 0.6 is 0 Å². The summed E-state index contributed by atoms with van der Waals surface area (Å²) in [5.74, 6) is 0.977. The number of hydrogen-bond acceptors (Lipinski definition) is 9. The number of nitrogens with one attached hydrogen (secondary N) is 2. The standard InChI is InChI=1S/C17H17N9O2/c1-9-21-12(7-28-9)23-13(27)6-26-8-20-14-15(24-17(19)25-16(14)26)22-11-4-2-10(18)3-5-11/h2-5,7-8H,6,18H2,1H3,(H,23,27)(H3,19,22,24,25). The van der Waals surface area contributed by atoms with Gasteiger partial charge in [0.25, 0.3) is 0 Å². The number of hydrogen-bond donors (Lipinski definition) is 4. The topological polar surface area (TPSA) is 163 Å². The Bertz CT molecular complexity index is 1150. The Morgan fingerprint density at radius 1 is 1.18 bits per heavy atom. The zero-order valence-electron chi connectivity index (χ0n) is 14.9. The van der Waals surface area contributed by atoms with Gasteiger partial charge in [0, 0.05) is 18.3 Å². The van der Waals surface area contributed by atoms with Crippen molar-refractivity contribution >= 4 is 46.0 Å². The number of benzene rings is 1. The SMILES string of the molecule is Cc1nc(NC(=O)Cn2cnc3c(Nc4ccc(N)cc4)nc(N)nc32)co1. The molecule has 3 heterocycles. The molecule has 11 heteroatoms. The molecular weight excluding hydrogens is 362 g/mol. The Labute approximate surface area is 158 Å². The van der Waals surface area contributed by atoms with Crippen molar-refractivity contribution in [2.75, 3.05) is 22.1 Å². The number of anilines is 5. The van der Waals surface area contributed by atoms with E-state index in [2.05, 4.69) is 30.6 Å². The summed E-state index contributed by atoms with van der Waals surface area (Å²) in [6.45, 7) is 1.66. The third-order valence-electron chi connectivity index (χ3n) is 3.86. The molecule has 0 radical (unpaired) electrons. The van der Waals surface area contributed by atoms with Crippen LogP contribution in [0.25, 0.3) is 11.2 Å². The molecule has 0 atom stereocenters. The van der Waals surface area contributed by atoms with Gasteiger partial charge >= 0.3 is 0 Å². The van der Waals surface area contributed by atoms with Gasteiger partial charge in [0.2, 0.25) is 11.9 Å². The zero-order chi connectivity index (χ0) is 19.7. The van der Waals surface area contributed by atoms with Gasteiger partial charge in [-0.15, -0.1) is 0 Å². The van der Waals surface area contributed by atoms with E-state index in [4.69, 9.17) is 15.9 Å². The fourth-order valence-corrected chi connectivity index (χ4v) is 2.63. The highest BCUT2D eigenvalue weighted by molar-refractivity contribution is 5.91. The van der Waals surface area contributed by atoms with E-state index in [0.29, 0.717) is 34.4 Å². The van der Waals surface area contributed by atoms with Gasteiger partial charge in [-0.05, 0) is 24.3 Å². The van der Waals surface area contributed by atoms with Crippen LogP contribution < -0.4 is 22.1 Å². The third-order valence-corrected chi connectivity index (χ3v) is 3.86. The molecule has 142 valence electrons. The average molecular weight is 379 g/mol. The van der Waals surface area contributed by atoms with Crippen molar-refractivity contribution < 1.29 is 9.21 Å². The Morgan fingerprint density at radius 2 is 1.96 bits per heavy atom. The molecule has 6 N–H and O–H groups in total. The molecule has 11 nitrogen and oxygen atoms in total. The molecule has 3 aromatic heterocycles. The lowest BCUT2D eigenvalue weighted by molar-refractivity contribution is -0.116. The number of oxazole rings is 1. The van der Waals surface area contributed by atoms with Crippen LogP contribution in [0.3, 0.4) is 0 Å². The molecule has 0 bridgehead atoms. The maximum absolute atomic E-state index is 12.3. The Kier molecular flexibility index (Phi) is 4.24. The smallest absolute Gasteiger partial charge is 0.245 e. The van der Waals surface area contributed by atoms with Gasteiger partial charge in [-0.1, -0.05) is 0 Å². The van der Waals surface area contributed by atoms with Crippen LogP contribution in [0.2, 0.25) is 0 Å². The number of aryl methyl sites for hydroxylation is 1. The number of nitrogen functional groups attached to an aromatic ring is 2. The van der Waals surface area contributed by atoms with E-state index in [-0.39, 0.29) is 18.4 Å². The predicted molar refractivity (Wildman–Crippen MR) is 104 cm³/mol. The lowest BCUT2D eigenvalue weighted by Gasteiger charge is -2.08. The molecular formula is C17H17N9O2. The summed E-state index contributed by atoms with van der Waals surface area (Å²) >= 11 is 0. The maximum Gasteiger partial charge on any atom is 0.245 e. The average Bonchev–Trinajstić information content (AvgIpc) is 3.23. The molecule has 28 heavy (non-hydrogen) atoms. The van der Waals surface area contributed by atoms with E-state index >= 15 is 0 Å². The summed E-state index contributed by atoms with van der Waals surface area (Å²) in [6, 6.07) is 7.14. The molecule has 0 aliphatic heterocycles. The van der Waals surface area contributed by atoms with Crippen molar-refractivity contribution in [3.05, 3.63) is 42.7 Å². The van der Waals surface area contributed by atoms with Crippen LogP contribution in [-0.2, 0) is 11.3 Å². The van der Waals surface area contributed by atoms with E-state index in [0.717, 1.165) is 5.69 Å². The van der Waals surface area contributed by atoms with Gasteiger partial charge in [0.05, 0.1) is 6.33 Å². The summed E-state index contributed by atoms with van der Waals surface area (Å²) in [7, 11) is 0. The summed E-state index contributed by atoms with van der Waals surface area (Å²) in [6.07, 6.45) is 2.87. The first-order valence-corrected chi connectivity index (χ1v) is 8.31. The van der Waals surface area contributed by atoms with Gasteiger partial charge in [-0.25, -0.2) is 4.98 Å². The monoisotopic (exact) mass is 379 g/mol. The summed E-state index contributed by atoms with van der Waals surface area (Å²) in [4.78, 5) is 29.1. The maximum atomic E-state index is 12.3. The number of nitrogens with two attached hydrogens (primary N) is 2. The van der Waals surface area contributed by atoms with E-state index in [1.54, 1.807) is 23.6 Å². The van der Waals surface area contributed by atoms with Crippen molar-refractivity contribution in [1.82, 2.24) is 24.5 Å². The Hall–Kier alpha value is -4.15. The predicted octanol–water partition coefficient (Wildman–Crippen LogP) is 1.67. The van der Waals surface area contributed by atoms with Gasteiger partial charge in [-0.3, -0.25) is 4.79 Å². The molecule has 4 aromatic rings. The Morgan fingerprint density at radius 3 is 2.68 bits per heavy atom. The third kappa shape index (κ3) is 3.53. The van der Waals surface area contributed by atoms with Gasteiger partial charge in [0.15, 0.2) is 28.7 Å². The minimum absolute atomic E-state index is 0.0276. The molecule has 0 unspecified atom stereocenters. The van der Waals surface area contributed by atoms with Crippen LogP contribution in [0.15, 0.2) is 41.3 Å². The lowest BCUT2D eigenvalue weighted by Crippen LogP contribution is -2.19. The van der Waals surface area contributed by atoms with E-state index in [1.165, 1.54) is 12.6 Å².